The highest BCUT2D eigenvalue weighted by Crippen LogP contribution is 2.06. The van der Waals surface area contributed by atoms with Crippen LogP contribution in [0.4, 0.5) is 0 Å². The molecule has 0 radical (unpaired) electrons. The second-order valence-electron chi connectivity index (χ2n) is 2.99. The molecule has 1 unspecified atom stereocenters. The number of rotatable bonds is 4. The molecule has 2 nitrogen and oxygen atoms in total. The Bertz CT molecular complexity index is 77.3. The maximum atomic E-state index is 3.17. The van der Waals surface area contributed by atoms with Gasteiger partial charge in [-0.3, -0.25) is 5.43 Å². The summed E-state index contributed by atoms with van der Waals surface area (Å²) < 4.78 is 0. The molecule has 0 saturated heterocycles. The van der Waals surface area contributed by atoms with Crippen molar-refractivity contribution in [2.45, 2.75) is 33.7 Å². The first-order valence-corrected chi connectivity index (χ1v) is 4.07. The Kier molecular flexibility index (Phi) is 4.65. The van der Waals surface area contributed by atoms with E-state index in [-0.39, 0.29) is 0 Å². The highest BCUT2D eigenvalue weighted by molar-refractivity contribution is 4.64. The molecule has 0 spiro atoms. The minimum Gasteiger partial charge on any atom is -0.258 e. The molecule has 1 atom stereocenters. The van der Waals surface area contributed by atoms with Gasteiger partial charge in [-0.25, -0.2) is 5.01 Å². The Morgan fingerprint density at radius 3 is 1.90 bits per heavy atom. The summed E-state index contributed by atoms with van der Waals surface area (Å²) in [5.41, 5.74) is 3.17. The van der Waals surface area contributed by atoms with E-state index in [4.69, 9.17) is 0 Å². The zero-order valence-corrected chi connectivity index (χ0v) is 7.81. The molecule has 0 heterocycles. The molecule has 62 valence electrons. The molecule has 1 N–H and O–H groups in total. The Hall–Kier alpha value is -0.0800. The Morgan fingerprint density at radius 2 is 1.80 bits per heavy atom. The van der Waals surface area contributed by atoms with Crippen molar-refractivity contribution in [1.29, 1.82) is 0 Å². The number of nitrogens with one attached hydrogen (secondary N) is 1. The second kappa shape index (κ2) is 4.69. The smallest absolute Gasteiger partial charge is 0.0238 e. The number of hydrogen-bond acceptors (Lipinski definition) is 2. The van der Waals surface area contributed by atoms with Gasteiger partial charge in [0.05, 0.1) is 0 Å². The van der Waals surface area contributed by atoms with Crippen molar-refractivity contribution in [3.05, 3.63) is 0 Å². The molecule has 0 amide bonds. The van der Waals surface area contributed by atoms with Gasteiger partial charge >= 0.3 is 0 Å². The van der Waals surface area contributed by atoms with E-state index in [1.807, 2.05) is 7.05 Å². The van der Waals surface area contributed by atoms with Gasteiger partial charge in [0.15, 0.2) is 0 Å². The molecular weight excluding hydrogens is 124 g/mol. The van der Waals surface area contributed by atoms with Crippen LogP contribution in [0, 0.1) is 5.92 Å². The van der Waals surface area contributed by atoms with Crippen molar-refractivity contribution in [3.8, 4) is 0 Å². The lowest BCUT2D eigenvalue weighted by Gasteiger charge is -2.29. The molecule has 0 rings (SSSR count). The molecule has 2 heteroatoms. The van der Waals surface area contributed by atoms with Crippen LogP contribution >= 0.6 is 0 Å². The molecular formula is C8H20N2. The topological polar surface area (TPSA) is 15.3 Å². The van der Waals surface area contributed by atoms with Crippen LogP contribution in [-0.2, 0) is 0 Å². The van der Waals surface area contributed by atoms with E-state index in [0.29, 0.717) is 12.0 Å². The Balaban J connectivity index is 3.76. The standard InChI is InChI=1S/C8H20N2/c1-6-10(9-5)8(4)7(2)3/h7-9H,6H2,1-5H3. The summed E-state index contributed by atoms with van der Waals surface area (Å²) in [7, 11) is 1.97. The van der Waals surface area contributed by atoms with Crippen LogP contribution in [-0.4, -0.2) is 24.6 Å². The lowest BCUT2D eigenvalue weighted by Crippen LogP contribution is -2.44. The fourth-order valence-electron chi connectivity index (χ4n) is 1.01. The molecule has 0 saturated carbocycles. The molecule has 10 heavy (non-hydrogen) atoms. The van der Waals surface area contributed by atoms with Crippen LogP contribution in [0.15, 0.2) is 0 Å². The van der Waals surface area contributed by atoms with Gasteiger partial charge in [-0.05, 0) is 19.9 Å². The Labute approximate surface area is 64.6 Å². The zero-order chi connectivity index (χ0) is 8.15. The van der Waals surface area contributed by atoms with Gasteiger partial charge in [-0.2, -0.15) is 0 Å². The van der Waals surface area contributed by atoms with E-state index in [1.54, 1.807) is 0 Å². The first-order chi connectivity index (χ1) is 4.63. The fourth-order valence-corrected chi connectivity index (χ4v) is 1.01. The summed E-state index contributed by atoms with van der Waals surface area (Å²) >= 11 is 0. The van der Waals surface area contributed by atoms with E-state index in [9.17, 15) is 0 Å². The van der Waals surface area contributed by atoms with Gasteiger partial charge in [0.2, 0.25) is 0 Å². The highest BCUT2D eigenvalue weighted by Gasteiger charge is 2.12. The van der Waals surface area contributed by atoms with E-state index in [2.05, 4.69) is 38.1 Å². The summed E-state index contributed by atoms with van der Waals surface area (Å²) in [4.78, 5) is 0. The number of nitrogens with zero attached hydrogens (tertiary/aromatic N) is 1. The predicted octanol–water partition coefficient (Wildman–Crippen LogP) is 1.49. The van der Waals surface area contributed by atoms with Crippen LogP contribution in [0.25, 0.3) is 0 Å². The van der Waals surface area contributed by atoms with Crippen LogP contribution in [0.1, 0.15) is 27.7 Å². The molecule has 0 aliphatic heterocycles. The normalized spacial score (nSPS) is 14.7. The van der Waals surface area contributed by atoms with Gasteiger partial charge in [0.1, 0.15) is 0 Å². The largest absolute Gasteiger partial charge is 0.258 e. The molecule has 0 fully saturated rings. The molecule has 0 aliphatic carbocycles. The second-order valence-corrected chi connectivity index (χ2v) is 2.99. The lowest BCUT2D eigenvalue weighted by molar-refractivity contribution is 0.125. The van der Waals surface area contributed by atoms with Crippen molar-refractivity contribution in [3.63, 3.8) is 0 Å². The maximum absolute atomic E-state index is 3.17. The van der Waals surface area contributed by atoms with Crippen molar-refractivity contribution >= 4 is 0 Å². The van der Waals surface area contributed by atoms with Gasteiger partial charge in [0.25, 0.3) is 0 Å². The van der Waals surface area contributed by atoms with Crippen molar-refractivity contribution in [2.75, 3.05) is 13.6 Å². The van der Waals surface area contributed by atoms with Crippen LogP contribution in [0.3, 0.4) is 0 Å². The average molecular weight is 144 g/mol. The maximum Gasteiger partial charge on any atom is 0.0238 e. The van der Waals surface area contributed by atoms with Crippen molar-refractivity contribution in [1.82, 2.24) is 10.4 Å². The molecule has 0 aromatic heterocycles. The molecule has 0 aromatic rings. The van der Waals surface area contributed by atoms with E-state index in [1.165, 1.54) is 0 Å². The summed E-state index contributed by atoms with van der Waals surface area (Å²) in [6.45, 7) is 9.95. The van der Waals surface area contributed by atoms with Crippen LogP contribution in [0.5, 0.6) is 0 Å². The first-order valence-electron chi connectivity index (χ1n) is 4.07. The van der Waals surface area contributed by atoms with Crippen LogP contribution in [0.2, 0.25) is 0 Å². The van der Waals surface area contributed by atoms with Crippen molar-refractivity contribution in [2.24, 2.45) is 5.92 Å². The third kappa shape index (κ3) is 2.67. The Morgan fingerprint density at radius 1 is 1.30 bits per heavy atom. The monoisotopic (exact) mass is 144 g/mol. The van der Waals surface area contributed by atoms with E-state index in [0.717, 1.165) is 6.54 Å². The lowest BCUT2D eigenvalue weighted by atomic mass is 10.1. The molecule has 0 aliphatic rings. The predicted molar refractivity (Wildman–Crippen MR) is 45.7 cm³/mol. The number of hydrogen-bond donors (Lipinski definition) is 1. The molecule has 0 aromatic carbocycles. The van der Waals surface area contributed by atoms with Gasteiger partial charge in [-0.1, -0.05) is 20.8 Å². The minimum absolute atomic E-state index is 0.620. The van der Waals surface area contributed by atoms with E-state index >= 15 is 0 Å². The quantitative estimate of drug-likeness (QED) is 0.601. The summed E-state index contributed by atoms with van der Waals surface area (Å²) in [5, 5.41) is 2.24. The minimum atomic E-state index is 0.620. The van der Waals surface area contributed by atoms with E-state index < -0.39 is 0 Å². The highest BCUT2D eigenvalue weighted by atomic mass is 15.5. The van der Waals surface area contributed by atoms with Crippen LogP contribution < -0.4 is 5.43 Å². The third-order valence-corrected chi connectivity index (χ3v) is 2.08. The van der Waals surface area contributed by atoms with Gasteiger partial charge < -0.3 is 0 Å². The van der Waals surface area contributed by atoms with Gasteiger partial charge in [-0.15, -0.1) is 0 Å². The average Bonchev–Trinajstić information content (AvgIpc) is 1.90. The number of hydrazine groups is 1. The first kappa shape index (κ1) is 9.92. The van der Waals surface area contributed by atoms with Gasteiger partial charge in [0, 0.05) is 12.6 Å². The molecule has 0 bridgehead atoms. The third-order valence-electron chi connectivity index (χ3n) is 2.08. The fraction of sp³-hybridized carbons (Fsp3) is 1.00. The summed E-state index contributed by atoms with van der Waals surface area (Å²) in [6, 6.07) is 0.620. The zero-order valence-electron chi connectivity index (χ0n) is 7.81. The van der Waals surface area contributed by atoms with Crippen molar-refractivity contribution < 1.29 is 0 Å². The summed E-state index contributed by atoms with van der Waals surface area (Å²) in [6.07, 6.45) is 0. The summed E-state index contributed by atoms with van der Waals surface area (Å²) in [5.74, 6) is 0.715. The SMILES string of the molecule is CCN(NC)C(C)C(C)C.